The number of amides is 1. The molecule has 6 N–H and O–H groups in total. The van der Waals surface area contributed by atoms with Crippen LogP contribution in [-0.4, -0.2) is 95.4 Å². The molecule has 7 atom stereocenters. The lowest BCUT2D eigenvalue weighted by Gasteiger charge is -2.41. The van der Waals surface area contributed by atoms with Gasteiger partial charge in [0.05, 0.1) is 25.4 Å². The highest BCUT2D eigenvalue weighted by atomic mass is 32.3. The molecule has 0 saturated carbocycles. The average Bonchev–Trinajstić information content (AvgIpc) is 3.27. The van der Waals surface area contributed by atoms with Crippen LogP contribution in [0.5, 0.6) is 0 Å². The van der Waals surface area contributed by atoms with Crippen LogP contribution in [0.4, 0.5) is 0 Å². The van der Waals surface area contributed by atoms with Gasteiger partial charge >= 0.3 is 10.4 Å². The Morgan fingerprint density at radius 1 is 0.562 bits per heavy atom. The molecule has 1 aliphatic rings. The zero-order valence-electron chi connectivity index (χ0n) is 41.1. The molecule has 1 fully saturated rings. The minimum Gasteiger partial charge on any atom is -0.394 e. The molecular formula is C51H101NO11S. The van der Waals surface area contributed by atoms with Crippen LogP contribution in [0.25, 0.3) is 0 Å². The van der Waals surface area contributed by atoms with Gasteiger partial charge in [-0.2, -0.15) is 8.42 Å². The van der Waals surface area contributed by atoms with Crippen molar-refractivity contribution in [2.75, 3.05) is 13.2 Å². The second-order valence-corrected chi connectivity index (χ2v) is 20.2. The van der Waals surface area contributed by atoms with Gasteiger partial charge < -0.3 is 35.2 Å². The molecule has 0 aliphatic carbocycles. The number of carbonyl (C=O) groups is 1. The first-order valence-electron chi connectivity index (χ1n) is 26.9. The van der Waals surface area contributed by atoms with E-state index in [2.05, 4.69) is 23.3 Å². The van der Waals surface area contributed by atoms with Crippen molar-refractivity contribution in [3.05, 3.63) is 0 Å². The minimum absolute atomic E-state index is 0.224. The van der Waals surface area contributed by atoms with Gasteiger partial charge in [0.15, 0.2) is 6.29 Å². The molecule has 1 heterocycles. The summed E-state index contributed by atoms with van der Waals surface area (Å²) in [6.45, 7) is 3.49. The van der Waals surface area contributed by atoms with E-state index in [0.717, 1.165) is 51.4 Å². The standard InChI is InChI=1S/C51H101NO11S/c1-3-5-7-9-11-13-15-17-19-20-21-22-23-24-25-27-28-30-32-34-36-38-40-45(54)44(43-61-51-49(57)50(63-64(58,59)60)48(56)46(42-53)62-51)52-47(55)41-39-37-35-33-31-29-26-18-16-14-12-10-8-6-4-2/h44-46,48-51,53-54,56-57H,3-43H2,1-2H3,(H,52,55)(H,58,59,60). The number of hydrogen-bond acceptors (Lipinski definition) is 10. The number of carbonyl (C=O) groups excluding carboxylic acids is 1. The lowest BCUT2D eigenvalue weighted by Crippen LogP contribution is -2.61. The summed E-state index contributed by atoms with van der Waals surface area (Å²) in [7, 11) is -5.07. The number of unbranched alkanes of at least 4 members (excludes halogenated alkanes) is 35. The van der Waals surface area contributed by atoms with Crippen LogP contribution in [0.1, 0.15) is 264 Å². The van der Waals surface area contributed by atoms with Crippen molar-refractivity contribution >= 4 is 16.3 Å². The van der Waals surface area contributed by atoms with Gasteiger partial charge in [-0.15, -0.1) is 0 Å². The van der Waals surface area contributed by atoms with Crippen molar-refractivity contribution in [3.8, 4) is 0 Å². The molecule has 1 saturated heterocycles. The molecule has 0 bridgehead atoms. The van der Waals surface area contributed by atoms with E-state index in [0.29, 0.717) is 12.8 Å². The van der Waals surface area contributed by atoms with Gasteiger partial charge in [0.25, 0.3) is 0 Å². The largest absolute Gasteiger partial charge is 0.397 e. The Morgan fingerprint density at radius 3 is 1.25 bits per heavy atom. The fraction of sp³-hybridized carbons (Fsp3) is 0.980. The van der Waals surface area contributed by atoms with E-state index in [4.69, 9.17) is 9.47 Å². The Morgan fingerprint density at radius 2 is 0.906 bits per heavy atom. The van der Waals surface area contributed by atoms with Gasteiger partial charge in [-0.25, -0.2) is 4.18 Å². The highest BCUT2D eigenvalue weighted by Gasteiger charge is 2.48. The molecule has 1 rings (SSSR count). The van der Waals surface area contributed by atoms with Crippen LogP contribution in [0.3, 0.4) is 0 Å². The van der Waals surface area contributed by atoms with Crippen LogP contribution in [-0.2, 0) is 28.9 Å². The van der Waals surface area contributed by atoms with Crippen LogP contribution in [0, 0.1) is 0 Å². The van der Waals surface area contributed by atoms with Crippen molar-refractivity contribution in [1.29, 1.82) is 0 Å². The van der Waals surface area contributed by atoms with Crippen LogP contribution in [0.2, 0.25) is 0 Å². The fourth-order valence-corrected chi connectivity index (χ4v) is 9.50. The first-order valence-corrected chi connectivity index (χ1v) is 28.3. The molecule has 0 aromatic heterocycles. The summed E-state index contributed by atoms with van der Waals surface area (Å²) in [5.41, 5.74) is 0. The Labute approximate surface area is 392 Å². The molecule has 0 radical (unpaired) electrons. The van der Waals surface area contributed by atoms with E-state index in [-0.39, 0.29) is 12.5 Å². The predicted molar refractivity (Wildman–Crippen MR) is 259 cm³/mol. The number of aliphatic hydroxyl groups excluding tert-OH is 4. The topological polar surface area (TPSA) is 192 Å². The third-order valence-electron chi connectivity index (χ3n) is 13.2. The molecule has 12 nitrogen and oxygen atoms in total. The second kappa shape index (κ2) is 42.2. The SMILES string of the molecule is CCCCCCCCCCCCCCCCCCCCCCCCC(O)C(COC1OC(CO)C(O)C(OS(=O)(=O)O)C1O)NC(=O)CCCCCCCCCCCCCCCCC. The molecule has 64 heavy (non-hydrogen) atoms. The Hall–Kier alpha value is -0.900. The van der Waals surface area contributed by atoms with Gasteiger partial charge in [-0.05, 0) is 12.8 Å². The van der Waals surface area contributed by atoms with Crippen molar-refractivity contribution < 1.29 is 51.8 Å². The van der Waals surface area contributed by atoms with E-state index in [9.17, 15) is 38.2 Å². The molecule has 382 valence electrons. The summed E-state index contributed by atoms with van der Waals surface area (Å²) < 4.78 is 47.8. The van der Waals surface area contributed by atoms with Gasteiger partial charge in [-0.3, -0.25) is 9.35 Å². The molecule has 1 aliphatic heterocycles. The molecule has 13 heteroatoms. The smallest absolute Gasteiger partial charge is 0.394 e. The molecule has 0 spiro atoms. The normalized spacial score (nSPS) is 20.1. The second-order valence-electron chi connectivity index (χ2n) is 19.2. The summed E-state index contributed by atoms with van der Waals surface area (Å²) in [5, 5.41) is 45.0. The van der Waals surface area contributed by atoms with Crippen molar-refractivity contribution in [1.82, 2.24) is 5.32 Å². The quantitative estimate of drug-likeness (QED) is 0.0251. The Balaban J connectivity index is 2.38. The summed E-state index contributed by atoms with van der Waals surface area (Å²) in [4.78, 5) is 13.1. The highest BCUT2D eigenvalue weighted by molar-refractivity contribution is 7.80. The number of nitrogens with one attached hydrogen (secondary N) is 1. The van der Waals surface area contributed by atoms with Crippen molar-refractivity contribution in [2.24, 2.45) is 0 Å². The van der Waals surface area contributed by atoms with Crippen LogP contribution >= 0.6 is 0 Å². The third kappa shape index (κ3) is 34.4. The zero-order chi connectivity index (χ0) is 46.9. The van der Waals surface area contributed by atoms with Crippen molar-refractivity contribution in [3.63, 3.8) is 0 Å². The predicted octanol–water partition coefficient (Wildman–Crippen LogP) is 11.7. The summed E-state index contributed by atoms with van der Waals surface area (Å²) in [6, 6.07) is -0.852. The maximum absolute atomic E-state index is 13.1. The van der Waals surface area contributed by atoms with E-state index in [1.54, 1.807) is 0 Å². The van der Waals surface area contributed by atoms with E-state index in [1.807, 2.05) is 0 Å². The molecule has 1 amide bonds. The minimum atomic E-state index is -5.07. The van der Waals surface area contributed by atoms with Gasteiger partial charge in [0, 0.05) is 6.42 Å². The summed E-state index contributed by atoms with van der Waals surface area (Å²) >= 11 is 0. The van der Waals surface area contributed by atoms with E-state index >= 15 is 0 Å². The molecule has 0 aromatic carbocycles. The number of aliphatic hydroxyl groups is 4. The Kier molecular flexibility index (Phi) is 40.3. The highest BCUT2D eigenvalue weighted by Crippen LogP contribution is 2.26. The van der Waals surface area contributed by atoms with E-state index in [1.165, 1.54) is 186 Å². The maximum Gasteiger partial charge on any atom is 0.397 e. The summed E-state index contributed by atoms with van der Waals surface area (Å²) in [6.07, 6.45) is 38.2. The molecular weight excluding hydrogens is 835 g/mol. The lowest BCUT2D eigenvalue weighted by molar-refractivity contribution is -0.298. The first kappa shape index (κ1) is 61.1. The number of rotatable bonds is 47. The van der Waals surface area contributed by atoms with Gasteiger partial charge in [0.1, 0.15) is 24.4 Å². The van der Waals surface area contributed by atoms with E-state index < -0.39 is 59.9 Å². The lowest BCUT2D eigenvalue weighted by atomic mass is 9.99. The molecule has 7 unspecified atom stereocenters. The number of hydrogen-bond donors (Lipinski definition) is 6. The van der Waals surface area contributed by atoms with Crippen molar-refractivity contribution in [2.45, 2.75) is 307 Å². The molecule has 0 aromatic rings. The average molecular weight is 936 g/mol. The first-order chi connectivity index (χ1) is 31.0. The third-order valence-corrected chi connectivity index (χ3v) is 13.6. The Bertz CT molecular complexity index is 1150. The monoisotopic (exact) mass is 936 g/mol. The van der Waals surface area contributed by atoms with Crippen LogP contribution in [0.15, 0.2) is 0 Å². The van der Waals surface area contributed by atoms with Gasteiger partial charge in [-0.1, -0.05) is 245 Å². The fourth-order valence-electron chi connectivity index (χ4n) is 8.99. The zero-order valence-corrected chi connectivity index (χ0v) is 41.9. The van der Waals surface area contributed by atoms with Gasteiger partial charge in [0.2, 0.25) is 5.91 Å². The number of ether oxygens (including phenoxy) is 2. The summed E-state index contributed by atoms with van der Waals surface area (Å²) in [5.74, 6) is -0.224. The van der Waals surface area contributed by atoms with Crippen LogP contribution < -0.4 is 5.32 Å². The maximum atomic E-state index is 13.1.